The highest BCUT2D eigenvalue weighted by Crippen LogP contribution is 2.28. The molecule has 7 nitrogen and oxygen atoms in total. The van der Waals surface area contributed by atoms with Crippen molar-refractivity contribution >= 4 is 39.1 Å². The minimum atomic E-state index is -0.804. The second-order valence-electron chi connectivity index (χ2n) is 6.66. The van der Waals surface area contributed by atoms with Crippen LogP contribution < -0.4 is 10.9 Å². The van der Waals surface area contributed by atoms with Crippen molar-refractivity contribution in [1.29, 1.82) is 0 Å². The smallest absolute Gasteiger partial charge is 0.328 e. The van der Waals surface area contributed by atoms with Crippen LogP contribution in [0.15, 0.2) is 29.3 Å². The Balaban J connectivity index is 2.02. The van der Waals surface area contributed by atoms with Gasteiger partial charge in [0.25, 0.3) is 11.5 Å². The lowest BCUT2D eigenvalue weighted by Gasteiger charge is -2.12. The van der Waals surface area contributed by atoms with Crippen molar-refractivity contribution < 1.29 is 14.3 Å². The molecule has 0 aliphatic heterocycles. The molecule has 1 aromatic carbocycles. The van der Waals surface area contributed by atoms with E-state index >= 15 is 0 Å². The Kier molecular flexibility index (Phi) is 5.33. The van der Waals surface area contributed by atoms with Crippen LogP contribution in [0.5, 0.6) is 0 Å². The van der Waals surface area contributed by atoms with Gasteiger partial charge in [-0.1, -0.05) is 17.7 Å². The van der Waals surface area contributed by atoms with Gasteiger partial charge in [-0.05, 0) is 44.9 Å². The maximum Gasteiger partial charge on any atom is 0.328 e. The molecule has 146 valence electrons. The SMILES string of the molecule is COC(=O)[C@H](C)n1cnc2sc(C(=O)Nc3ccc(C)cc3C)c(C)c2c1=O. The third-order valence-corrected chi connectivity index (χ3v) is 5.87. The summed E-state index contributed by atoms with van der Waals surface area (Å²) in [5.41, 5.74) is 2.96. The van der Waals surface area contributed by atoms with Gasteiger partial charge in [0.15, 0.2) is 0 Å². The number of nitrogens with one attached hydrogen (secondary N) is 1. The van der Waals surface area contributed by atoms with Crippen LogP contribution in [-0.4, -0.2) is 28.5 Å². The zero-order chi connectivity index (χ0) is 20.6. The Labute approximate surface area is 166 Å². The van der Waals surface area contributed by atoms with Gasteiger partial charge in [-0.25, -0.2) is 9.78 Å². The molecule has 3 aromatic rings. The van der Waals surface area contributed by atoms with E-state index in [4.69, 9.17) is 4.74 Å². The first kappa shape index (κ1) is 19.8. The number of hydrogen-bond acceptors (Lipinski definition) is 6. The normalized spacial score (nSPS) is 12.0. The van der Waals surface area contributed by atoms with Crippen LogP contribution in [0.1, 0.15) is 39.3 Å². The Morgan fingerprint density at radius 1 is 1.25 bits per heavy atom. The number of aryl methyl sites for hydroxylation is 3. The summed E-state index contributed by atoms with van der Waals surface area (Å²) in [7, 11) is 1.27. The second-order valence-corrected chi connectivity index (χ2v) is 7.66. The number of fused-ring (bicyclic) bond motifs is 1. The summed E-state index contributed by atoms with van der Waals surface area (Å²) in [5.74, 6) is -0.830. The number of methoxy groups -OCH3 is 1. The van der Waals surface area contributed by atoms with Crippen molar-refractivity contribution in [1.82, 2.24) is 9.55 Å². The zero-order valence-corrected chi connectivity index (χ0v) is 17.1. The van der Waals surface area contributed by atoms with Gasteiger partial charge in [0, 0.05) is 5.69 Å². The Bertz CT molecular complexity index is 1150. The van der Waals surface area contributed by atoms with Crippen LogP contribution in [0.4, 0.5) is 5.69 Å². The number of rotatable bonds is 4. The summed E-state index contributed by atoms with van der Waals surface area (Å²) in [4.78, 5) is 42.6. The van der Waals surface area contributed by atoms with Crippen molar-refractivity contribution in [2.24, 2.45) is 0 Å². The number of carbonyl (C=O) groups is 2. The topological polar surface area (TPSA) is 90.3 Å². The molecule has 8 heteroatoms. The highest BCUT2D eigenvalue weighted by molar-refractivity contribution is 7.20. The molecule has 2 heterocycles. The molecule has 1 amide bonds. The van der Waals surface area contributed by atoms with Crippen molar-refractivity contribution in [2.75, 3.05) is 12.4 Å². The first-order valence-electron chi connectivity index (χ1n) is 8.71. The minimum absolute atomic E-state index is 0.292. The van der Waals surface area contributed by atoms with Gasteiger partial charge >= 0.3 is 5.97 Å². The highest BCUT2D eigenvalue weighted by Gasteiger charge is 2.23. The van der Waals surface area contributed by atoms with E-state index in [9.17, 15) is 14.4 Å². The van der Waals surface area contributed by atoms with Crippen molar-refractivity contribution in [3.8, 4) is 0 Å². The van der Waals surface area contributed by atoms with E-state index in [1.807, 2.05) is 32.0 Å². The number of hydrogen-bond donors (Lipinski definition) is 1. The second kappa shape index (κ2) is 7.55. The predicted molar refractivity (Wildman–Crippen MR) is 109 cm³/mol. The molecule has 0 aliphatic carbocycles. The van der Waals surface area contributed by atoms with E-state index in [-0.39, 0.29) is 11.5 Å². The Hall–Kier alpha value is -3.00. The summed E-state index contributed by atoms with van der Waals surface area (Å²) in [5, 5.41) is 3.24. The molecule has 0 saturated carbocycles. The number of amides is 1. The van der Waals surface area contributed by atoms with Crippen LogP contribution in [0, 0.1) is 20.8 Å². The van der Waals surface area contributed by atoms with E-state index in [1.165, 1.54) is 18.0 Å². The maximum absolute atomic E-state index is 12.9. The molecule has 0 radical (unpaired) electrons. The molecule has 3 rings (SSSR count). The molecule has 1 atom stereocenters. The van der Waals surface area contributed by atoms with Crippen LogP contribution >= 0.6 is 11.3 Å². The van der Waals surface area contributed by atoms with E-state index in [0.717, 1.165) is 28.2 Å². The molecule has 0 saturated heterocycles. The number of carbonyl (C=O) groups excluding carboxylic acids is 2. The number of esters is 1. The fourth-order valence-corrected chi connectivity index (χ4v) is 4.08. The van der Waals surface area contributed by atoms with E-state index in [0.29, 0.717) is 20.7 Å². The first-order chi connectivity index (χ1) is 13.2. The van der Waals surface area contributed by atoms with Crippen LogP contribution in [-0.2, 0) is 9.53 Å². The monoisotopic (exact) mass is 399 g/mol. The quantitative estimate of drug-likeness (QED) is 0.680. The molecular weight excluding hydrogens is 378 g/mol. The number of benzene rings is 1. The van der Waals surface area contributed by atoms with Gasteiger partial charge in [0.2, 0.25) is 0 Å². The van der Waals surface area contributed by atoms with Crippen molar-refractivity contribution in [2.45, 2.75) is 33.7 Å². The van der Waals surface area contributed by atoms with Crippen molar-refractivity contribution in [3.05, 3.63) is 56.4 Å². The molecule has 28 heavy (non-hydrogen) atoms. The van der Waals surface area contributed by atoms with E-state index in [2.05, 4.69) is 10.3 Å². The first-order valence-corrected chi connectivity index (χ1v) is 9.53. The number of ether oxygens (including phenoxy) is 1. The van der Waals surface area contributed by atoms with Gasteiger partial charge in [0.1, 0.15) is 10.9 Å². The molecular formula is C20H21N3O4S. The van der Waals surface area contributed by atoms with Gasteiger partial charge in [-0.3, -0.25) is 14.2 Å². The summed E-state index contributed by atoms with van der Waals surface area (Å²) in [6.45, 7) is 7.19. The summed E-state index contributed by atoms with van der Waals surface area (Å²) < 4.78 is 5.93. The standard InChI is InChI=1S/C20H21N3O4S/c1-10-6-7-14(11(2)8-10)22-17(24)16-12(3)15-18(28-16)21-9-23(19(15)25)13(4)20(26)27-5/h6-9,13H,1-5H3,(H,22,24)/t13-/m0/s1. The summed E-state index contributed by atoms with van der Waals surface area (Å²) in [6, 6.07) is 4.96. The summed E-state index contributed by atoms with van der Waals surface area (Å²) >= 11 is 1.16. The fraction of sp³-hybridized carbons (Fsp3) is 0.300. The predicted octanol–water partition coefficient (Wildman–Crippen LogP) is 3.37. The van der Waals surface area contributed by atoms with Gasteiger partial charge in [0.05, 0.1) is 23.7 Å². The van der Waals surface area contributed by atoms with Crippen LogP contribution in [0.25, 0.3) is 10.2 Å². The van der Waals surface area contributed by atoms with Crippen molar-refractivity contribution in [3.63, 3.8) is 0 Å². The minimum Gasteiger partial charge on any atom is -0.467 e. The average Bonchev–Trinajstić information content (AvgIpc) is 3.00. The van der Waals surface area contributed by atoms with Gasteiger partial charge < -0.3 is 10.1 Å². The van der Waals surface area contributed by atoms with E-state index < -0.39 is 12.0 Å². The lowest BCUT2D eigenvalue weighted by Crippen LogP contribution is -2.29. The molecule has 0 bridgehead atoms. The molecule has 0 aliphatic rings. The molecule has 0 spiro atoms. The molecule has 0 fully saturated rings. The molecule has 1 N–H and O–H groups in total. The third kappa shape index (κ3) is 3.43. The van der Waals surface area contributed by atoms with Gasteiger partial charge in [-0.2, -0.15) is 0 Å². The largest absolute Gasteiger partial charge is 0.467 e. The number of aromatic nitrogens is 2. The number of nitrogens with zero attached hydrogens (tertiary/aromatic N) is 2. The Morgan fingerprint density at radius 3 is 2.61 bits per heavy atom. The highest BCUT2D eigenvalue weighted by atomic mass is 32.1. The lowest BCUT2D eigenvalue weighted by atomic mass is 10.1. The van der Waals surface area contributed by atoms with E-state index in [1.54, 1.807) is 13.8 Å². The fourth-order valence-electron chi connectivity index (χ4n) is 3.05. The lowest BCUT2D eigenvalue weighted by molar-refractivity contribution is -0.144. The molecule has 0 unspecified atom stereocenters. The van der Waals surface area contributed by atoms with Crippen LogP contribution in [0.3, 0.4) is 0 Å². The molecule has 2 aromatic heterocycles. The average molecular weight is 399 g/mol. The van der Waals surface area contributed by atoms with Crippen LogP contribution in [0.2, 0.25) is 0 Å². The number of anilines is 1. The Morgan fingerprint density at radius 2 is 1.96 bits per heavy atom. The van der Waals surface area contributed by atoms with Gasteiger partial charge in [-0.15, -0.1) is 11.3 Å². The number of thiophene rings is 1. The maximum atomic E-state index is 12.9. The summed E-state index contributed by atoms with van der Waals surface area (Å²) in [6.07, 6.45) is 1.31. The zero-order valence-electron chi connectivity index (χ0n) is 16.3. The third-order valence-electron chi connectivity index (χ3n) is 4.67.